The van der Waals surface area contributed by atoms with Crippen LogP contribution in [-0.2, 0) is 84.4 Å². The highest BCUT2D eigenvalue weighted by molar-refractivity contribution is 7.09. The number of thiazole rings is 1. The number of hydrogen-bond acceptors (Lipinski definition) is 18. The number of benzene rings is 10. The summed E-state index contributed by atoms with van der Waals surface area (Å²) in [4.78, 5) is 177. The Labute approximate surface area is 881 Å². The molecule has 5 saturated heterocycles. The Morgan fingerprint density at radius 2 is 0.601 bits per heavy atom. The largest absolute Gasteiger partial charge is 0.310 e. The molecule has 25 rings (SSSR count). The lowest BCUT2D eigenvalue weighted by molar-refractivity contribution is -0.137. The molecule has 28 nitrogen and oxygen atoms in total. The van der Waals surface area contributed by atoms with Crippen LogP contribution in [0.3, 0.4) is 0 Å². The van der Waals surface area contributed by atoms with Crippen LogP contribution in [0.15, 0.2) is 328 Å². The minimum atomic E-state index is -0.951. The molecule has 0 spiro atoms. The molecule has 0 aliphatic carbocycles. The van der Waals surface area contributed by atoms with E-state index < -0.39 is 28.3 Å². The predicted molar refractivity (Wildman–Crippen MR) is 558 cm³/mol. The Bertz CT molecular complexity index is 6990. The van der Waals surface area contributed by atoms with E-state index in [-0.39, 0.29) is 71.9 Å². The number of aromatic nitrogens is 8. The predicted octanol–water partition coefficient (Wildman–Crippen LogP) is 17.5. The molecule has 5 atom stereocenters. The average Bonchev–Trinajstić information content (AvgIpc) is 1.55. The topological polar surface area (TPSA) is 309 Å². The third-order valence-corrected chi connectivity index (χ3v) is 31.3. The third-order valence-electron chi connectivity index (χ3n) is 29.2. The van der Waals surface area contributed by atoms with Gasteiger partial charge >= 0.3 is 0 Å². The number of halogens is 5. The van der Waals surface area contributed by atoms with Gasteiger partial charge in [0.15, 0.2) is 28.3 Å². The molecule has 5 unspecified atom stereocenters. The van der Waals surface area contributed by atoms with Gasteiger partial charge in [0.1, 0.15) is 18.0 Å². The van der Waals surface area contributed by atoms with Crippen LogP contribution in [-0.4, -0.2) is 214 Å². The fraction of sp³-hybridized carbons (Fsp3) is 0.219. The fourth-order valence-corrected chi connectivity index (χ4v) is 24.3. The van der Waals surface area contributed by atoms with Crippen molar-refractivity contribution in [3.63, 3.8) is 0 Å². The van der Waals surface area contributed by atoms with Crippen LogP contribution in [0.25, 0.3) is 0 Å². The summed E-state index contributed by atoms with van der Waals surface area (Å²) in [5.74, 6) is 1.03. The second-order valence-electron chi connectivity index (χ2n) is 36.8. The molecule has 15 aromatic rings. The van der Waals surface area contributed by atoms with Crippen molar-refractivity contribution in [1.29, 1.82) is 0 Å². The van der Waals surface area contributed by atoms with Crippen LogP contribution in [0.4, 0.5) is 0 Å². The van der Waals surface area contributed by atoms with Crippen molar-refractivity contribution >= 4 is 128 Å². The van der Waals surface area contributed by atoms with Gasteiger partial charge in [-0.2, -0.15) is 5.10 Å². The molecule has 148 heavy (non-hydrogen) atoms. The lowest BCUT2D eigenvalue weighted by Gasteiger charge is -2.40. The van der Waals surface area contributed by atoms with E-state index in [0.717, 1.165) is 71.9 Å². The molecule has 0 saturated carbocycles. The molecule has 0 radical (unpaired) electrons. The number of fused-ring (bicyclic) bond motifs is 15. The highest BCUT2D eigenvalue weighted by Crippen LogP contribution is 2.57. The number of aryl methyl sites for hydroxylation is 5. The van der Waals surface area contributed by atoms with Crippen molar-refractivity contribution < 1.29 is 47.9 Å². The molecule has 5 fully saturated rings. The fourth-order valence-electron chi connectivity index (χ4n) is 23.0. The normalized spacial score (nSPS) is 19.9. The Morgan fingerprint density at radius 3 is 0.905 bits per heavy atom. The second kappa shape index (κ2) is 41.4. The third kappa shape index (κ3) is 17.1. The first kappa shape index (κ1) is 98.5. The number of H-pyrrole nitrogens is 1. The van der Waals surface area contributed by atoms with Crippen molar-refractivity contribution in [2.24, 2.45) is 0 Å². The van der Waals surface area contributed by atoms with Gasteiger partial charge in [0, 0.05) is 274 Å². The maximum Gasteiger partial charge on any atom is 0.256 e. The molecule has 10 aliphatic rings. The second-order valence-corrected chi connectivity index (χ2v) is 40.0. The lowest BCUT2D eigenvalue weighted by Crippen LogP contribution is -2.51. The molecular formula is C114H95Cl5N18O10S. The summed E-state index contributed by atoms with van der Waals surface area (Å²) in [6, 6.07) is 86.2. The monoisotopic (exact) mass is 2080 g/mol. The molecule has 5 aromatic heterocycles. The summed E-state index contributed by atoms with van der Waals surface area (Å²) < 4.78 is 0. The van der Waals surface area contributed by atoms with E-state index in [1.54, 1.807) is 88.6 Å². The van der Waals surface area contributed by atoms with Crippen molar-refractivity contribution in [3.8, 4) is 0 Å². The van der Waals surface area contributed by atoms with E-state index >= 15 is 0 Å². The average molecular weight is 2090 g/mol. The van der Waals surface area contributed by atoms with Crippen molar-refractivity contribution in [2.75, 3.05) is 65.4 Å². The summed E-state index contributed by atoms with van der Waals surface area (Å²) in [6.07, 6.45) is 16.0. The van der Waals surface area contributed by atoms with E-state index in [0.29, 0.717) is 181 Å². The van der Waals surface area contributed by atoms with Crippen molar-refractivity contribution in [2.45, 2.75) is 92.5 Å². The van der Waals surface area contributed by atoms with Gasteiger partial charge in [-0.1, -0.05) is 222 Å². The number of hydrogen-bond donors (Lipinski definition) is 1. The van der Waals surface area contributed by atoms with E-state index in [1.165, 1.54) is 6.33 Å². The Balaban J connectivity index is 0.000000108. The van der Waals surface area contributed by atoms with Crippen LogP contribution in [0.2, 0.25) is 25.1 Å². The standard InChI is InChI=1S/2C24H20ClN3O2.C23H19ClN4O2.C22H18ClN3O2S.C21H18ClN5O2/c25-18-10-8-17(9-11-18)24-21-7-2-1-6-20(21)23(30)28(24)16-15-27(24)22(29)13-12-19-5-3-4-14-26-19;25-19-10-8-18(9-11-19)24-21-6-2-1-5-20(21)23(30)28(24)15-14-27(24)22(29)12-7-17-4-3-13-26-16-17;24-17-8-6-16(7-9-17)23-19-5-2-1-4-18(19)22(30)28(23)15-14-27(23)21(29)11-10-20-25-12-3-13-26-20;23-16-7-5-15(6-8-16)22-18-4-2-1-3-17(18)21(28)26(22)13-12-25(22)20(27)10-9-19-24-11-14-29-19;22-15-7-5-14(6-8-15)21-17-4-2-1-3-16(17)20(29)27(21)12-11-26(21)19(28)10-9-18-23-13-24-25-18/h1-11,14H,12-13,15-16H2;1-6,8-11,13,16H,7,12,14-15H2;1-9,12-13H,10-11,14-15H2;1-8,11,14H,9-10,12-13H2;1-8,13H,9-12H2,(H,23,24,25). The molecule has 0 bridgehead atoms. The molecule has 10 aromatic carbocycles. The summed E-state index contributed by atoms with van der Waals surface area (Å²) in [7, 11) is 0. The highest BCUT2D eigenvalue weighted by Gasteiger charge is 2.65. The van der Waals surface area contributed by atoms with Crippen LogP contribution < -0.4 is 0 Å². The summed E-state index contributed by atoms with van der Waals surface area (Å²) in [5.41, 5.74) is 8.99. The molecule has 10 aliphatic heterocycles. The van der Waals surface area contributed by atoms with Gasteiger partial charge in [-0.25, -0.2) is 19.9 Å². The first-order valence-electron chi connectivity index (χ1n) is 48.8. The van der Waals surface area contributed by atoms with E-state index in [1.807, 2.05) is 293 Å². The first-order chi connectivity index (χ1) is 72.1. The van der Waals surface area contributed by atoms with Crippen molar-refractivity contribution in [1.82, 2.24) is 89.1 Å². The van der Waals surface area contributed by atoms with Gasteiger partial charge in [-0.15, -0.1) is 11.3 Å². The van der Waals surface area contributed by atoms with Crippen molar-refractivity contribution in [3.05, 3.63) is 464 Å². The SMILES string of the molecule is O=C(CCc1ccccn1)N1CCN2C(=O)c3ccccc3C12c1ccc(Cl)cc1.O=C(CCc1cccnc1)N1CCN2C(=O)c3ccccc3C12c1ccc(Cl)cc1.O=C(CCc1ncccn1)N1CCN2C(=O)c3ccccc3C12c1ccc(Cl)cc1.O=C(CCc1nccs1)N1CCN2C(=O)c3ccccc3C12c1ccc(Cl)cc1.O=C(CCc1ncn[nH]1)N1CCN2C(=O)c3ccccc3C12c1ccc(Cl)cc1. The van der Waals surface area contributed by atoms with Gasteiger partial charge in [-0.05, 0) is 134 Å². The lowest BCUT2D eigenvalue weighted by atomic mass is 9.89. The number of pyridine rings is 2. The van der Waals surface area contributed by atoms with Crippen LogP contribution in [0, 0.1) is 0 Å². The van der Waals surface area contributed by atoms with Crippen LogP contribution in [0.1, 0.15) is 167 Å². The summed E-state index contributed by atoms with van der Waals surface area (Å²) in [6.45, 7) is 4.86. The maximum atomic E-state index is 13.5. The van der Waals surface area contributed by atoms with E-state index in [9.17, 15) is 47.9 Å². The molecule has 10 amide bonds. The number of amides is 10. The maximum absolute atomic E-state index is 13.5. The summed E-state index contributed by atoms with van der Waals surface area (Å²) >= 11 is 32.2. The van der Waals surface area contributed by atoms with Gasteiger partial charge in [0.2, 0.25) is 29.5 Å². The molecule has 742 valence electrons. The quantitative estimate of drug-likeness (QED) is 0.0741. The van der Waals surface area contributed by atoms with Crippen LogP contribution >= 0.6 is 69.3 Å². The first-order valence-corrected chi connectivity index (χ1v) is 51.5. The molecule has 1 N–H and O–H groups in total. The highest BCUT2D eigenvalue weighted by atomic mass is 35.5. The number of carbonyl (C=O) groups is 10. The minimum Gasteiger partial charge on any atom is -0.310 e. The number of carbonyl (C=O) groups excluding carboxylic acids is 10. The molecular weight excluding hydrogens is 1990 g/mol. The van der Waals surface area contributed by atoms with Gasteiger partial charge in [-0.3, -0.25) is 63.0 Å². The molecule has 15 heterocycles. The number of rotatable bonds is 20. The Morgan fingerprint density at radius 1 is 0.291 bits per heavy atom. The minimum absolute atomic E-state index is 0.00241. The Hall–Kier alpha value is -15.5. The zero-order valence-electron chi connectivity index (χ0n) is 79.8. The van der Waals surface area contributed by atoms with Crippen LogP contribution in [0.5, 0.6) is 0 Å². The number of nitrogens with zero attached hydrogens (tertiary/aromatic N) is 17. The van der Waals surface area contributed by atoms with E-state index in [2.05, 4.69) is 40.1 Å². The molecule has 34 heteroatoms. The zero-order valence-corrected chi connectivity index (χ0v) is 84.4. The number of aromatic amines is 1. The summed E-state index contributed by atoms with van der Waals surface area (Å²) in [5, 5.41) is 12.5. The van der Waals surface area contributed by atoms with Gasteiger partial charge in [0.25, 0.3) is 29.5 Å². The van der Waals surface area contributed by atoms with Gasteiger partial charge in [0.05, 0.1) is 5.01 Å². The van der Waals surface area contributed by atoms with E-state index in [4.69, 9.17) is 58.0 Å². The smallest absolute Gasteiger partial charge is 0.256 e. The number of nitrogens with one attached hydrogen (secondary N) is 1. The Kier molecular flexibility index (Phi) is 27.6. The zero-order chi connectivity index (χ0) is 102. The van der Waals surface area contributed by atoms with Gasteiger partial charge < -0.3 is 49.0 Å².